The number of carbonyl (C=O) groups excluding carboxylic acids is 1. The molecule has 0 radical (unpaired) electrons. The molecule has 0 aliphatic carbocycles. The van der Waals surface area contributed by atoms with Gasteiger partial charge in [0.2, 0.25) is 5.91 Å². The topological polar surface area (TPSA) is 80.9 Å². The fraction of sp³-hybridized carbons (Fsp3) is 0.400. The van der Waals surface area contributed by atoms with Crippen LogP contribution in [0.2, 0.25) is 0 Å². The molecule has 21 heavy (non-hydrogen) atoms. The Kier molecular flexibility index (Phi) is 4.24. The molecule has 3 rings (SSSR count). The second kappa shape index (κ2) is 6.30. The van der Waals surface area contributed by atoms with Crippen molar-refractivity contribution in [2.45, 2.75) is 30.3 Å². The van der Waals surface area contributed by atoms with E-state index in [0.717, 1.165) is 36.7 Å². The first-order valence-corrected chi connectivity index (χ1v) is 8.19. The molecule has 1 fully saturated rings. The van der Waals surface area contributed by atoms with Crippen molar-refractivity contribution in [3.8, 4) is 0 Å². The highest BCUT2D eigenvalue weighted by Crippen LogP contribution is 2.24. The highest BCUT2D eigenvalue weighted by atomic mass is 32.2. The zero-order chi connectivity index (χ0) is 14.7. The average molecular weight is 302 g/mol. The molecule has 6 heteroatoms. The largest absolute Gasteiger partial charge is 0.383 e. The normalized spacial score (nSPS) is 19.2. The number of nitrogens with one attached hydrogen (secondary N) is 1. The van der Waals surface area contributed by atoms with E-state index in [-0.39, 0.29) is 11.2 Å². The van der Waals surface area contributed by atoms with Crippen molar-refractivity contribution in [1.29, 1.82) is 0 Å². The van der Waals surface area contributed by atoms with Crippen molar-refractivity contribution in [3.63, 3.8) is 0 Å². The Morgan fingerprint density at radius 2 is 2.14 bits per heavy atom. The summed E-state index contributed by atoms with van der Waals surface area (Å²) in [5.41, 5.74) is 6.83. The minimum absolute atomic E-state index is 0.0104. The van der Waals surface area contributed by atoms with Crippen molar-refractivity contribution in [1.82, 2.24) is 15.3 Å². The summed E-state index contributed by atoms with van der Waals surface area (Å²) in [5, 5.41) is 3.81. The van der Waals surface area contributed by atoms with Gasteiger partial charge in [0.15, 0.2) is 0 Å². The Balaban J connectivity index is 1.74. The van der Waals surface area contributed by atoms with Crippen molar-refractivity contribution in [2.24, 2.45) is 0 Å². The molecule has 3 N–H and O–H groups in total. The lowest BCUT2D eigenvalue weighted by Crippen LogP contribution is -2.30. The van der Waals surface area contributed by atoms with Gasteiger partial charge in [0.25, 0.3) is 0 Å². The number of nitrogen functional groups attached to an aromatic ring is 1. The van der Waals surface area contributed by atoms with Crippen molar-refractivity contribution < 1.29 is 4.79 Å². The second-order valence-electron chi connectivity index (χ2n) is 5.13. The van der Waals surface area contributed by atoms with Crippen molar-refractivity contribution in [2.75, 3.05) is 12.3 Å². The lowest BCUT2D eigenvalue weighted by atomic mass is 10.2. The summed E-state index contributed by atoms with van der Waals surface area (Å²) in [5.74, 6) is 1.92. The van der Waals surface area contributed by atoms with E-state index in [0.29, 0.717) is 17.4 Å². The van der Waals surface area contributed by atoms with Crippen LogP contribution in [0.25, 0.3) is 10.9 Å². The Morgan fingerprint density at radius 1 is 1.29 bits per heavy atom. The summed E-state index contributed by atoms with van der Waals surface area (Å²) in [6, 6.07) is 7.71. The molecule has 2 heterocycles. The van der Waals surface area contributed by atoms with Crippen LogP contribution in [0.3, 0.4) is 0 Å². The molecule has 1 aliphatic heterocycles. The van der Waals surface area contributed by atoms with E-state index >= 15 is 0 Å². The van der Waals surface area contributed by atoms with Gasteiger partial charge in [-0.25, -0.2) is 9.97 Å². The number of anilines is 1. The Hall–Kier alpha value is -1.82. The third-order valence-electron chi connectivity index (χ3n) is 3.58. The molecule has 1 aromatic heterocycles. The molecule has 0 unspecified atom stereocenters. The number of nitrogens with zero attached hydrogens (tertiary/aromatic N) is 2. The third kappa shape index (κ3) is 3.26. The van der Waals surface area contributed by atoms with Gasteiger partial charge in [0.1, 0.15) is 11.6 Å². The summed E-state index contributed by atoms with van der Waals surface area (Å²) in [6.45, 7) is 0.787. The number of hydrogen-bond donors (Lipinski definition) is 2. The lowest BCUT2D eigenvalue weighted by Gasteiger charge is -2.12. The highest BCUT2D eigenvalue weighted by Gasteiger charge is 2.21. The zero-order valence-corrected chi connectivity index (χ0v) is 12.5. The maximum Gasteiger partial charge on any atom is 0.233 e. The molecule has 2 aromatic rings. The molecule has 0 saturated carbocycles. The lowest BCUT2D eigenvalue weighted by molar-refractivity contribution is -0.120. The second-order valence-corrected chi connectivity index (χ2v) is 6.32. The zero-order valence-electron chi connectivity index (χ0n) is 11.7. The monoisotopic (exact) mass is 302 g/mol. The molecule has 5 nitrogen and oxygen atoms in total. The third-order valence-corrected chi connectivity index (χ3v) is 4.85. The molecule has 110 valence electrons. The number of carbonyl (C=O) groups is 1. The summed E-state index contributed by atoms with van der Waals surface area (Å²) >= 11 is 1.60. The van der Waals surface area contributed by atoms with Crippen LogP contribution in [0.5, 0.6) is 0 Å². The molecule has 0 spiro atoms. The molecule has 1 amide bonds. The van der Waals surface area contributed by atoms with Crippen molar-refractivity contribution in [3.05, 3.63) is 30.1 Å². The maximum atomic E-state index is 11.9. The number of amides is 1. The van der Waals surface area contributed by atoms with Crippen LogP contribution < -0.4 is 11.1 Å². The van der Waals surface area contributed by atoms with Gasteiger partial charge in [-0.1, -0.05) is 18.6 Å². The first kappa shape index (κ1) is 14.1. The van der Waals surface area contributed by atoms with Crippen LogP contribution in [0.1, 0.15) is 25.1 Å². The van der Waals surface area contributed by atoms with E-state index in [1.807, 2.05) is 24.3 Å². The Morgan fingerprint density at radius 3 is 3.05 bits per heavy atom. The van der Waals surface area contributed by atoms with Gasteiger partial charge in [0.05, 0.1) is 16.5 Å². The van der Waals surface area contributed by atoms with Gasteiger partial charge in [-0.15, -0.1) is 11.8 Å². The van der Waals surface area contributed by atoms with Crippen molar-refractivity contribution >= 4 is 34.4 Å². The predicted octanol–water partition coefficient (Wildman–Crippen LogP) is 2.11. The number of thioether (sulfide) groups is 1. The number of hydrogen-bond acceptors (Lipinski definition) is 5. The van der Waals surface area contributed by atoms with Crippen LogP contribution >= 0.6 is 11.8 Å². The van der Waals surface area contributed by atoms with E-state index < -0.39 is 0 Å². The van der Waals surface area contributed by atoms with E-state index in [4.69, 9.17) is 5.73 Å². The fourth-order valence-electron chi connectivity index (χ4n) is 2.46. The quantitative estimate of drug-likeness (QED) is 0.907. The summed E-state index contributed by atoms with van der Waals surface area (Å²) in [4.78, 5) is 20.8. The van der Waals surface area contributed by atoms with E-state index in [1.54, 1.807) is 11.8 Å². The molecule has 1 atom stereocenters. The SMILES string of the molecule is Nc1nc(CS[C@@H]2CCCCNC2=O)nc2ccccc12. The van der Waals surface area contributed by atoms with E-state index in [9.17, 15) is 4.79 Å². The van der Waals surface area contributed by atoms with E-state index in [1.165, 1.54) is 0 Å². The smallest absolute Gasteiger partial charge is 0.233 e. The number of aromatic nitrogens is 2. The number of fused-ring (bicyclic) bond motifs is 1. The fourth-order valence-corrected chi connectivity index (χ4v) is 3.51. The molecular formula is C15H18N4OS. The predicted molar refractivity (Wildman–Crippen MR) is 85.9 cm³/mol. The Bertz CT molecular complexity index is 661. The van der Waals surface area contributed by atoms with Gasteiger partial charge in [-0.2, -0.15) is 0 Å². The Labute approximate surface area is 127 Å². The van der Waals surface area contributed by atoms with Gasteiger partial charge in [-0.3, -0.25) is 4.79 Å². The van der Waals surface area contributed by atoms with Crippen LogP contribution in [0.15, 0.2) is 24.3 Å². The molecule has 1 aliphatic rings. The van der Waals surface area contributed by atoms with Gasteiger partial charge in [0, 0.05) is 11.9 Å². The number of para-hydroxylation sites is 1. The van der Waals surface area contributed by atoms with Gasteiger partial charge < -0.3 is 11.1 Å². The van der Waals surface area contributed by atoms with E-state index in [2.05, 4.69) is 15.3 Å². The molecule has 1 saturated heterocycles. The minimum Gasteiger partial charge on any atom is -0.383 e. The first-order chi connectivity index (χ1) is 10.2. The van der Waals surface area contributed by atoms with Crippen LogP contribution in [-0.4, -0.2) is 27.7 Å². The molecule has 1 aromatic carbocycles. The van der Waals surface area contributed by atoms with Crippen LogP contribution in [0, 0.1) is 0 Å². The number of benzene rings is 1. The standard InChI is InChI=1S/C15H18N4OS/c16-14-10-5-1-2-6-11(10)18-13(19-14)9-21-12-7-3-4-8-17-15(12)20/h1-2,5-6,12H,3-4,7-9H2,(H,17,20)(H2,16,18,19)/t12-/m1/s1. The molecular weight excluding hydrogens is 284 g/mol. The van der Waals surface area contributed by atoms with Gasteiger partial charge in [-0.05, 0) is 25.0 Å². The highest BCUT2D eigenvalue weighted by molar-refractivity contribution is 7.99. The minimum atomic E-state index is -0.0104. The first-order valence-electron chi connectivity index (χ1n) is 7.14. The summed E-state index contributed by atoms with van der Waals surface area (Å²) in [6.07, 6.45) is 3.05. The number of nitrogens with two attached hydrogens (primary N) is 1. The maximum absolute atomic E-state index is 11.9. The summed E-state index contributed by atoms with van der Waals surface area (Å²) < 4.78 is 0. The molecule has 0 bridgehead atoms. The average Bonchev–Trinajstić information content (AvgIpc) is 2.70. The van der Waals surface area contributed by atoms with Gasteiger partial charge >= 0.3 is 0 Å². The van der Waals surface area contributed by atoms with Crippen LogP contribution in [-0.2, 0) is 10.5 Å². The summed E-state index contributed by atoms with van der Waals surface area (Å²) in [7, 11) is 0. The number of rotatable bonds is 3. The van der Waals surface area contributed by atoms with Crippen LogP contribution in [0.4, 0.5) is 5.82 Å².